The highest BCUT2D eigenvalue weighted by atomic mass is 16.5. The van der Waals surface area contributed by atoms with Crippen LogP contribution in [0.3, 0.4) is 0 Å². The Balaban J connectivity index is 3.15. The molecule has 0 aliphatic heterocycles. The van der Waals surface area contributed by atoms with E-state index in [-0.39, 0.29) is 5.56 Å². The summed E-state index contributed by atoms with van der Waals surface area (Å²) < 4.78 is 19.8. The molecule has 0 amide bonds. The molecule has 0 unspecified atom stereocenters. The van der Waals surface area contributed by atoms with Crippen LogP contribution in [-0.2, 0) is 9.53 Å². The van der Waals surface area contributed by atoms with Gasteiger partial charge in [0.1, 0.15) is 6.42 Å². The predicted octanol–water partition coefficient (Wildman–Crippen LogP) is 1.27. The quantitative estimate of drug-likeness (QED) is 0.439. The number of carbonyl (C=O) groups excluding carboxylic acids is 2. The first-order chi connectivity index (χ1) is 9.07. The van der Waals surface area contributed by atoms with Crippen molar-refractivity contribution < 1.29 is 28.5 Å². The molecule has 0 saturated heterocycles. The lowest BCUT2D eigenvalue weighted by Gasteiger charge is -2.13. The Morgan fingerprint density at radius 1 is 0.947 bits per heavy atom. The van der Waals surface area contributed by atoms with Crippen LogP contribution in [0.2, 0.25) is 0 Å². The predicted molar refractivity (Wildman–Crippen MR) is 66.7 cm³/mol. The lowest BCUT2D eigenvalue weighted by molar-refractivity contribution is -0.136. The molecule has 103 valence electrons. The van der Waals surface area contributed by atoms with E-state index in [1.165, 1.54) is 40.6 Å². The van der Waals surface area contributed by atoms with Gasteiger partial charge in [0.2, 0.25) is 5.75 Å². The van der Waals surface area contributed by atoms with E-state index in [1.54, 1.807) is 0 Å². The third-order valence-electron chi connectivity index (χ3n) is 2.40. The molecule has 0 bridgehead atoms. The van der Waals surface area contributed by atoms with Crippen LogP contribution in [0.4, 0.5) is 0 Å². The average molecular weight is 267 g/mol. The molecule has 1 aromatic rings. The minimum atomic E-state index is -0.723. The van der Waals surface area contributed by atoms with Crippen LogP contribution >= 0.6 is 0 Å². The van der Waals surface area contributed by atoms with Crippen LogP contribution in [0.15, 0.2) is 12.1 Å². The maximum atomic E-state index is 11.8. The fourth-order valence-electron chi connectivity index (χ4n) is 1.47. The Bertz CT molecular complexity index is 455. The van der Waals surface area contributed by atoms with Gasteiger partial charge in [0, 0.05) is 5.56 Å². The number of carbonyl (C=O) groups is 2. The average Bonchev–Trinajstić information content (AvgIpc) is 2.44. The minimum Gasteiger partial charge on any atom is -0.493 e. The number of rotatable bonds is 6. The van der Waals surface area contributed by atoms with Crippen LogP contribution in [0.25, 0.3) is 0 Å². The molecule has 0 aliphatic carbocycles. The second-order valence-electron chi connectivity index (χ2n) is 3.45. The molecule has 0 aromatic heterocycles. The Morgan fingerprint density at radius 3 is 1.84 bits per heavy atom. The standard InChI is InChI=1S/C13H15O6/c1-16-10-5-8(9(14)7-12(15)18-3)6-11(17-2)13(10)19-4/h5-7H,1-4H3. The SMILES string of the molecule is COC(=O)[CH]C(=O)c1cc(OC)c(OC)c(OC)c1. The van der Waals surface area contributed by atoms with Crippen molar-refractivity contribution in [2.45, 2.75) is 0 Å². The van der Waals surface area contributed by atoms with E-state index in [4.69, 9.17) is 14.2 Å². The molecule has 1 aromatic carbocycles. The van der Waals surface area contributed by atoms with Gasteiger partial charge < -0.3 is 18.9 Å². The van der Waals surface area contributed by atoms with E-state index >= 15 is 0 Å². The summed E-state index contributed by atoms with van der Waals surface area (Å²) >= 11 is 0. The highest BCUT2D eigenvalue weighted by molar-refractivity contribution is 6.15. The van der Waals surface area contributed by atoms with Crippen molar-refractivity contribution in [3.05, 3.63) is 24.1 Å². The van der Waals surface area contributed by atoms with E-state index in [0.29, 0.717) is 17.2 Å². The van der Waals surface area contributed by atoms with Gasteiger partial charge in [0.25, 0.3) is 0 Å². The van der Waals surface area contributed by atoms with E-state index in [2.05, 4.69) is 4.74 Å². The molecule has 6 nitrogen and oxygen atoms in total. The number of methoxy groups -OCH3 is 4. The minimum absolute atomic E-state index is 0.236. The summed E-state index contributed by atoms with van der Waals surface area (Å²) in [4.78, 5) is 22.9. The van der Waals surface area contributed by atoms with Crippen LogP contribution in [0.5, 0.6) is 17.2 Å². The summed E-state index contributed by atoms with van der Waals surface area (Å²) in [5.41, 5.74) is 0.236. The van der Waals surface area contributed by atoms with Gasteiger partial charge in [-0.15, -0.1) is 0 Å². The van der Waals surface area contributed by atoms with E-state index in [0.717, 1.165) is 6.42 Å². The summed E-state index contributed by atoms with van der Waals surface area (Å²) in [5.74, 6) is -0.184. The van der Waals surface area contributed by atoms with Crippen molar-refractivity contribution >= 4 is 11.8 Å². The molecule has 0 saturated carbocycles. The van der Waals surface area contributed by atoms with Gasteiger partial charge in [-0.05, 0) is 12.1 Å². The van der Waals surface area contributed by atoms with E-state index < -0.39 is 11.8 Å². The Morgan fingerprint density at radius 2 is 1.47 bits per heavy atom. The highest BCUT2D eigenvalue weighted by Gasteiger charge is 2.19. The molecule has 0 N–H and O–H groups in total. The zero-order valence-corrected chi connectivity index (χ0v) is 11.2. The third kappa shape index (κ3) is 3.37. The van der Waals surface area contributed by atoms with Crippen LogP contribution in [-0.4, -0.2) is 40.2 Å². The molecule has 1 rings (SSSR count). The number of Topliss-reactive ketones (excluding diaryl/α,β-unsaturated/α-hetero) is 1. The fourth-order valence-corrected chi connectivity index (χ4v) is 1.47. The number of ketones is 1. The number of benzene rings is 1. The van der Waals surface area contributed by atoms with Crippen molar-refractivity contribution in [3.63, 3.8) is 0 Å². The maximum Gasteiger partial charge on any atom is 0.317 e. The van der Waals surface area contributed by atoms with Crippen molar-refractivity contribution in [1.29, 1.82) is 0 Å². The van der Waals surface area contributed by atoms with Crippen molar-refractivity contribution in [2.24, 2.45) is 0 Å². The number of hydrogen-bond acceptors (Lipinski definition) is 6. The normalized spacial score (nSPS) is 9.68. The second-order valence-corrected chi connectivity index (χ2v) is 3.45. The Kier molecular flexibility index (Phi) is 5.17. The van der Waals surface area contributed by atoms with E-state index in [1.807, 2.05) is 0 Å². The first-order valence-electron chi connectivity index (χ1n) is 5.34. The first kappa shape index (κ1) is 14.8. The molecule has 0 atom stereocenters. The third-order valence-corrected chi connectivity index (χ3v) is 2.40. The van der Waals surface area contributed by atoms with Gasteiger partial charge in [-0.3, -0.25) is 9.59 Å². The lowest BCUT2D eigenvalue weighted by Crippen LogP contribution is -2.11. The summed E-state index contributed by atoms with van der Waals surface area (Å²) in [6, 6.07) is 2.92. The lowest BCUT2D eigenvalue weighted by atomic mass is 10.1. The topological polar surface area (TPSA) is 71.1 Å². The van der Waals surface area contributed by atoms with Crippen molar-refractivity contribution in [1.82, 2.24) is 0 Å². The van der Waals surface area contributed by atoms with Gasteiger partial charge in [-0.1, -0.05) is 0 Å². The number of esters is 1. The van der Waals surface area contributed by atoms with Gasteiger partial charge in [0.05, 0.1) is 28.4 Å². The zero-order chi connectivity index (χ0) is 14.4. The summed E-state index contributed by atoms with van der Waals surface area (Å²) in [7, 11) is 5.54. The van der Waals surface area contributed by atoms with Gasteiger partial charge in [-0.2, -0.15) is 0 Å². The van der Waals surface area contributed by atoms with Crippen LogP contribution < -0.4 is 14.2 Å². The van der Waals surface area contributed by atoms with Gasteiger partial charge in [-0.25, -0.2) is 0 Å². The number of hydrogen-bond donors (Lipinski definition) is 0. The molecule has 0 spiro atoms. The smallest absolute Gasteiger partial charge is 0.317 e. The molecule has 6 heteroatoms. The fraction of sp³-hybridized carbons (Fsp3) is 0.308. The summed E-state index contributed by atoms with van der Waals surface area (Å²) in [6.45, 7) is 0. The largest absolute Gasteiger partial charge is 0.493 e. The zero-order valence-electron chi connectivity index (χ0n) is 11.2. The molecule has 0 fully saturated rings. The second kappa shape index (κ2) is 6.63. The van der Waals surface area contributed by atoms with E-state index in [9.17, 15) is 9.59 Å². The monoisotopic (exact) mass is 267 g/mol. The van der Waals surface area contributed by atoms with Crippen molar-refractivity contribution in [2.75, 3.05) is 28.4 Å². The molecule has 0 aliphatic rings. The van der Waals surface area contributed by atoms with Crippen LogP contribution in [0, 0.1) is 6.42 Å². The Hall–Kier alpha value is -2.24. The van der Waals surface area contributed by atoms with Gasteiger partial charge in [0.15, 0.2) is 17.3 Å². The Labute approximate surface area is 111 Å². The molecule has 1 radical (unpaired) electrons. The van der Waals surface area contributed by atoms with Crippen LogP contribution in [0.1, 0.15) is 10.4 Å². The molecule has 19 heavy (non-hydrogen) atoms. The highest BCUT2D eigenvalue weighted by Crippen LogP contribution is 2.38. The van der Waals surface area contributed by atoms with Gasteiger partial charge >= 0.3 is 5.97 Å². The maximum absolute atomic E-state index is 11.8. The number of ether oxygens (including phenoxy) is 4. The molecule has 0 heterocycles. The summed E-state index contributed by atoms with van der Waals surface area (Å²) in [5, 5.41) is 0. The van der Waals surface area contributed by atoms with Crippen molar-refractivity contribution in [3.8, 4) is 17.2 Å². The summed E-state index contributed by atoms with van der Waals surface area (Å²) in [6.07, 6.45) is 0.848. The molecular formula is C13H15O6. The first-order valence-corrected chi connectivity index (χ1v) is 5.34. The molecular weight excluding hydrogens is 252 g/mol.